The lowest BCUT2D eigenvalue weighted by Gasteiger charge is -2.26. The molecule has 0 spiro atoms. The first kappa shape index (κ1) is 39.8. The van der Waals surface area contributed by atoms with Crippen molar-refractivity contribution in [2.45, 2.75) is 0 Å². The van der Waals surface area contributed by atoms with Crippen molar-refractivity contribution in [2.75, 3.05) is 4.90 Å². The number of furan rings is 2. The van der Waals surface area contributed by atoms with E-state index in [0.717, 1.165) is 106 Å². The summed E-state index contributed by atoms with van der Waals surface area (Å²) in [6, 6.07) is 90.9. The summed E-state index contributed by atoms with van der Waals surface area (Å²) < 4.78 is 15.5. The van der Waals surface area contributed by atoms with E-state index in [1.165, 1.54) is 27.4 Å². The third kappa shape index (κ3) is 6.53. The third-order valence-corrected chi connectivity index (χ3v) is 14.0. The third-order valence-electron chi connectivity index (χ3n) is 14.0. The van der Waals surface area contributed by atoms with E-state index in [1.54, 1.807) is 0 Å². The summed E-state index contributed by atoms with van der Waals surface area (Å²) in [4.78, 5) is 2.33. The Morgan fingerprint density at radius 3 is 1.33 bits per heavy atom. The van der Waals surface area contributed by atoms with Crippen molar-refractivity contribution in [1.29, 1.82) is 0 Å². The molecule has 0 aliphatic heterocycles. The topological polar surface area (TPSA) is 34.5 Å². The van der Waals surface area contributed by atoms with Gasteiger partial charge in [0.15, 0.2) is 0 Å². The molecule has 0 bridgehead atoms. The summed E-state index contributed by atoms with van der Waals surface area (Å²) >= 11 is 0. The molecule has 0 fully saturated rings. The molecular weight excluding hydrogens is 853 g/mol. The van der Waals surface area contributed by atoms with Gasteiger partial charge in [-0.3, -0.25) is 0 Å². The van der Waals surface area contributed by atoms with Crippen LogP contribution in [-0.4, -0.2) is 4.57 Å². The largest absolute Gasteiger partial charge is 0.456 e. The SMILES string of the molecule is c1ccc(-c2ccc(N(c3ccc(-c4ccc(-n5c6ccccc6c6cc7c(cc65)oc5ccccc57)cc4)cc3)c3ccc(-c4cccc5c4oc4c(-c6ccccc6)cccc45)cc3)cc2)cc1. The molecule has 0 radical (unpaired) electrons. The second kappa shape index (κ2) is 16.2. The quantitative estimate of drug-likeness (QED) is 0.152. The monoisotopic (exact) mass is 894 g/mol. The molecule has 328 valence electrons. The molecule has 4 nitrogen and oxygen atoms in total. The number of para-hydroxylation sites is 4. The van der Waals surface area contributed by atoms with Crippen LogP contribution in [0.15, 0.2) is 264 Å². The van der Waals surface area contributed by atoms with Crippen molar-refractivity contribution in [1.82, 2.24) is 4.57 Å². The van der Waals surface area contributed by atoms with Crippen molar-refractivity contribution < 1.29 is 8.83 Å². The molecule has 70 heavy (non-hydrogen) atoms. The molecule has 0 aliphatic carbocycles. The molecule has 0 aliphatic rings. The van der Waals surface area contributed by atoms with Crippen LogP contribution in [0.4, 0.5) is 17.1 Å². The van der Waals surface area contributed by atoms with E-state index in [2.05, 4.69) is 246 Å². The summed E-state index contributed by atoms with van der Waals surface area (Å²) in [6.07, 6.45) is 0. The molecule has 0 atom stereocenters. The Morgan fingerprint density at radius 2 is 0.729 bits per heavy atom. The molecule has 11 aromatic carbocycles. The normalized spacial score (nSPS) is 11.7. The summed E-state index contributed by atoms with van der Waals surface area (Å²) in [7, 11) is 0. The molecule has 3 heterocycles. The van der Waals surface area contributed by atoms with E-state index < -0.39 is 0 Å². The first-order chi connectivity index (χ1) is 34.7. The smallest absolute Gasteiger partial charge is 0.143 e. The molecule has 0 unspecified atom stereocenters. The minimum atomic E-state index is 0.893. The van der Waals surface area contributed by atoms with E-state index in [4.69, 9.17) is 8.83 Å². The maximum absolute atomic E-state index is 6.80. The van der Waals surface area contributed by atoms with Gasteiger partial charge >= 0.3 is 0 Å². The van der Waals surface area contributed by atoms with Crippen LogP contribution in [0.2, 0.25) is 0 Å². The fourth-order valence-corrected chi connectivity index (χ4v) is 10.6. The molecule has 0 saturated carbocycles. The molecule has 0 amide bonds. The van der Waals surface area contributed by atoms with Crippen LogP contribution in [0.3, 0.4) is 0 Å². The maximum atomic E-state index is 6.80. The number of nitrogens with zero attached hydrogens (tertiary/aromatic N) is 2. The van der Waals surface area contributed by atoms with Gasteiger partial charge in [0.25, 0.3) is 0 Å². The van der Waals surface area contributed by atoms with Gasteiger partial charge in [-0.05, 0) is 100 Å². The summed E-state index contributed by atoms with van der Waals surface area (Å²) in [6.45, 7) is 0. The van der Waals surface area contributed by atoms with E-state index >= 15 is 0 Å². The van der Waals surface area contributed by atoms with Crippen molar-refractivity contribution in [2.24, 2.45) is 0 Å². The fraction of sp³-hybridized carbons (Fsp3) is 0. The first-order valence-corrected chi connectivity index (χ1v) is 23.8. The highest BCUT2D eigenvalue weighted by Gasteiger charge is 2.19. The van der Waals surface area contributed by atoms with Gasteiger partial charge in [0.2, 0.25) is 0 Å². The number of rotatable bonds is 8. The lowest BCUT2D eigenvalue weighted by molar-refractivity contribution is 0.669. The van der Waals surface area contributed by atoms with Crippen LogP contribution in [-0.2, 0) is 0 Å². The molecule has 0 saturated heterocycles. The number of hydrogen-bond acceptors (Lipinski definition) is 3. The lowest BCUT2D eigenvalue weighted by atomic mass is 10.00. The van der Waals surface area contributed by atoms with Crippen LogP contribution in [0, 0.1) is 0 Å². The second-order valence-electron chi connectivity index (χ2n) is 18.0. The van der Waals surface area contributed by atoms with Crippen molar-refractivity contribution in [3.63, 3.8) is 0 Å². The van der Waals surface area contributed by atoms with Crippen LogP contribution < -0.4 is 4.90 Å². The van der Waals surface area contributed by atoms with Gasteiger partial charge in [-0.2, -0.15) is 0 Å². The number of anilines is 3. The molecule has 14 rings (SSSR count). The molecule has 4 heteroatoms. The highest BCUT2D eigenvalue weighted by atomic mass is 16.3. The van der Waals surface area contributed by atoms with Crippen LogP contribution in [0.5, 0.6) is 0 Å². The Bertz CT molecular complexity index is 4240. The number of fused-ring (bicyclic) bond motifs is 9. The molecule has 14 aromatic rings. The van der Waals surface area contributed by atoms with Crippen molar-refractivity contribution in [3.8, 4) is 50.2 Å². The minimum absolute atomic E-state index is 0.893. The maximum Gasteiger partial charge on any atom is 0.143 e. The zero-order valence-electron chi connectivity index (χ0n) is 38.0. The van der Waals surface area contributed by atoms with Gasteiger partial charge in [0.1, 0.15) is 22.3 Å². The predicted octanol–water partition coefficient (Wildman–Crippen LogP) is 18.7. The highest BCUT2D eigenvalue weighted by molar-refractivity contribution is 6.17. The Hall–Kier alpha value is -9.38. The predicted molar refractivity (Wildman–Crippen MR) is 292 cm³/mol. The van der Waals surface area contributed by atoms with Crippen LogP contribution in [0.1, 0.15) is 0 Å². The van der Waals surface area contributed by atoms with Gasteiger partial charge in [-0.1, -0.05) is 182 Å². The Labute approximate surface area is 404 Å². The van der Waals surface area contributed by atoms with Crippen molar-refractivity contribution in [3.05, 3.63) is 255 Å². The van der Waals surface area contributed by atoms with E-state index in [-0.39, 0.29) is 0 Å². The van der Waals surface area contributed by atoms with E-state index in [1.807, 2.05) is 18.2 Å². The Balaban J connectivity index is 0.815. The van der Waals surface area contributed by atoms with E-state index in [9.17, 15) is 0 Å². The Morgan fingerprint density at radius 1 is 0.271 bits per heavy atom. The Kier molecular flexibility index (Phi) is 9.17. The standard InChI is InChI=1S/C66H42N2O2/c1-3-13-43(14-4-1)44-25-33-49(34-26-44)67(51-39-31-48(32-40-51)54-20-12-22-58-57-21-11-19-53(65(57)70-66(54)58)47-15-5-2-6-16-47)50-35-27-45(28-36-50)46-29-37-52(38-30-46)68-61-23-9-7-17-55(61)59-41-60-56-18-8-10-24-63(56)69-64(60)42-62(59)68/h1-42H. The lowest BCUT2D eigenvalue weighted by Crippen LogP contribution is -2.09. The number of aromatic nitrogens is 1. The number of benzene rings is 11. The zero-order valence-corrected chi connectivity index (χ0v) is 38.0. The average Bonchev–Trinajstić information content (AvgIpc) is 4.11. The summed E-state index contributed by atoms with van der Waals surface area (Å²) in [5, 5.41) is 6.94. The van der Waals surface area contributed by atoms with Gasteiger partial charge < -0.3 is 18.3 Å². The number of hydrogen-bond donors (Lipinski definition) is 0. The average molecular weight is 895 g/mol. The highest BCUT2D eigenvalue weighted by Crippen LogP contribution is 2.43. The van der Waals surface area contributed by atoms with Gasteiger partial charge in [-0.15, -0.1) is 0 Å². The minimum Gasteiger partial charge on any atom is -0.456 e. The fourth-order valence-electron chi connectivity index (χ4n) is 10.6. The molecule has 3 aromatic heterocycles. The van der Waals surface area contributed by atoms with Crippen molar-refractivity contribution >= 4 is 82.7 Å². The first-order valence-electron chi connectivity index (χ1n) is 23.8. The molecular formula is C66H42N2O2. The van der Waals surface area contributed by atoms with E-state index in [0.29, 0.717) is 0 Å². The summed E-state index contributed by atoms with van der Waals surface area (Å²) in [5.41, 5.74) is 19.2. The second-order valence-corrected chi connectivity index (χ2v) is 18.0. The summed E-state index contributed by atoms with van der Waals surface area (Å²) in [5.74, 6) is 0. The van der Waals surface area contributed by atoms with Gasteiger partial charge in [0, 0.05) is 72.3 Å². The van der Waals surface area contributed by atoms with Gasteiger partial charge in [0.05, 0.1) is 11.0 Å². The zero-order chi connectivity index (χ0) is 46.1. The molecule has 0 N–H and O–H groups in total. The van der Waals surface area contributed by atoms with Gasteiger partial charge in [-0.25, -0.2) is 0 Å². The van der Waals surface area contributed by atoms with Crippen LogP contribution >= 0.6 is 0 Å². The van der Waals surface area contributed by atoms with Crippen LogP contribution in [0.25, 0.3) is 116 Å².